The van der Waals surface area contributed by atoms with Crippen LogP contribution < -0.4 is 14.8 Å². The Balaban J connectivity index is 1.49. The minimum atomic E-state index is -0.494. The number of hydrogen-bond acceptors (Lipinski definition) is 3. The number of nitrogens with one attached hydrogen (secondary N) is 1. The Hall–Kier alpha value is -3.01. The number of amides is 1. The molecule has 4 nitrogen and oxygen atoms in total. The van der Waals surface area contributed by atoms with Gasteiger partial charge in [0.05, 0.1) is 6.61 Å². The maximum absolute atomic E-state index is 12.6. The van der Waals surface area contributed by atoms with Crippen molar-refractivity contribution in [3.63, 3.8) is 0 Å². The molecule has 3 rings (SSSR count). The smallest absolute Gasteiger partial charge is 0.261 e. The fourth-order valence-corrected chi connectivity index (χ4v) is 3.39. The highest BCUT2D eigenvalue weighted by atomic mass is 16.5. The second-order valence-electron chi connectivity index (χ2n) is 7.37. The predicted octanol–water partition coefficient (Wildman–Crippen LogP) is 5.54. The molecule has 0 aliphatic heterocycles. The molecule has 1 atom stereocenters. The van der Waals surface area contributed by atoms with Crippen molar-refractivity contribution in [3.05, 3.63) is 72.3 Å². The minimum absolute atomic E-state index is 0.0684. The zero-order chi connectivity index (χ0) is 21.2. The van der Waals surface area contributed by atoms with E-state index in [9.17, 15) is 4.79 Å². The third-order valence-corrected chi connectivity index (χ3v) is 5.02. The van der Waals surface area contributed by atoms with Crippen LogP contribution in [0.15, 0.2) is 66.7 Å². The monoisotopic (exact) mass is 405 g/mol. The van der Waals surface area contributed by atoms with Crippen LogP contribution in [0.1, 0.15) is 38.7 Å². The van der Waals surface area contributed by atoms with E-state index in [0.717, 1.165) is 48.1 Å². The van der Waals surface area contributed by atoms with E-state index < -0.39 is 6.10 Å². The highest BCUT2D eigenvalue weighted by Crippen LogP contribution is 2.22. The maximum atomic E-state index is 12.6. The summed E-state index contributed by atoms with van der Waals surface area (Å²) < 4.78 is 11.8. The molecule has 0 aliphatic rings. The van der Waals surface area contributed by atoms with Gasteiger partial charge in [-0.05, 0) is 60.2 Å². The lowest BCUT2D eigenvalue weighted by atomic mass is 10.1. The third-order valence-electron chi connectivity index (χ3n) is 5.02. The van der Waals surface area contributed by atoms with Crippen LogP contribution in [0, 0.1) is 0 Å². The summed E-state index contributed by atoms with van der Waals surface area (Å²) >= 11 is 0. The van der Waals surface area contributed by atoms with E-state index in [-0.39, 0.29) is 5.91 Å². The van der Waals surface area contributed by atoms with Crippen molar-refractivity contribution in [1.29, 1.82) is 0 Å². The lowest BCUT2D eigenvalue weighted by Gasteiger charge is -2.18. The van der Waals surface area contributed by atoms with Gasteiger partial charge in [-0.3, -0.25) is 4.79 Å². The molecule has 158 valence electrons. The molecular formula is C26H31NO3. The van der Waals surface area contributed by atoms with Crippen LogP contribution >= 0.6 is 0 Å². The first-order valence-electron chi connectivity index (χ1n) is 10.8. The van der Waals surface area contributed by atoms with Gasteiger partial charge in [-0.15, -0.1) is 0 Å². The quantitative estimate of drug-likeness (QED) is 0.426. The van der Waals surface area contributed by atoms with Crippen LogP contribution in [0.4, 0.5) is 0 Å². The van der Waals surface area contributed by atoms with E-state index in [1.54, 1.807) is 0 Å². The summed E-state index contributed by atoms with van der Waals surface area (Å²) in [7, 11) is 0. The number of ether oxygens (including phenoxy) is 2. The number of fused-ring (bicyclic) bond motifs is 1. The standard InChI is InChI=1S/C26H31NO3/c1-3-18-29-25-14-8-7-11-21(25)13-9-17-27-26(28)24(4-2)30-23-16-15-20-10-5-6-12-22(20)19-23/h5-8,10-12,14-16,19,24H,3-4,9,13,17-18H2,1-2H3,(H,27,28). The van der Waals surface area contributed by atoms with Crippen LogP contribution in [0.25, 0.3) is 10.8 Å². The predicted molar refractivity (Wildman–Crippen MR) is 122 cm³/mol. The Morgan fingerprint density at radius 2 is 1.73 bits per heavy atom. The molecule has 0 fully saturated rings. The first-order chi connectivity index (χ1) is 14.7. The molecule has 3 aromatic carbocycles. The first-order valence-corrected chi connectivity index (χ1v) is 10.8. The van der Waals surface area contributed by atoms with Gasteiger partial charge in [-0.25, -0.2) is 0 Å². The van der Waals surface area contributed by atoms with Gasteiger partial charge in [0.15, 0.2) is 6.10 Å². The molecule has 30 heavy (non-hydrogen) atoms. The number of carbonyl (C=O) groups excluding carboxylic acids is 1. The lowest BCUT2D eigenvalue weighted by molar-refractivity contribution is -0.128. The average molecular weight is 406 g/mol. The van der Waals surface area contributed by atoms with Gasteiger partial charge in [-0.2, -0.15) is 0 Å². The van der Waals surface area contributed by atoms with Gasteiger partial charge in [0.2, 0.25) is 0 Å². The molecule has 1 unspecified atom stereocenters. The van der Waals surface area contributed by atoms with Gasteiger partial charge < -0.3 is 14.8 Å². The number of hydrogen-bond donors (Lipinski definition) is 1. The van der Waals surface area contributed by atoms with Crippen LogP contribution in [-0.2, 0) is 11.2 Å². The summed E-state index contributed by atoms with van der Waals surface area (Å²) in [6.07, 6.45) is 2.82. The van der Waals surface area contributed by atoms with E-state index in [4.69, 9.17) is 9.47 Å². The van der Waals surface area contributed by atoms with E-state index in [0.29, 0.717) is 13.0 Å². The summed E-state index contributed by atoms with van der Waals surface area (Å²) in [6, 6.07) is 22.2. The molecule has 4 heteroatoms. The van der Waals surface area contributed by atoms with Gasteiger partial charge >= 0.3 is 0 Å². The van der Waals surface area contributed by atoms with Crippen LogP contribution in [0.3, 0.4) is 0 Å². The number of rotatable bonds is 11. The summed E-state index contributed by atoms with van der Waals surface area (Å²) in [5.41, 5.74) is 1.18. The molecule has 3 aromatic rings. The molecular weight excluding hydrogens is 374 g/mol. The van der Waals surface area contributed by atoms with Crippen LogP contribution in [0.5, 0.6) is 11.5 Å². The number of benzene rings is 3. The minimum Gasteiger partial charge on any atom is -0.493 e. The Morgan fingerprint density at radius 1 is 0.967 bits per heavy atom. The molecule has 0 aliphatic carbocycles. The van der Waals surface area contributed by atoms with Crippen molar-refractivity contribution < 1.29 is 14.3 Å². The van der Waals surface area contributed by atoms with Gasteiger partial charge in [0, 0.05) is 6.54 Å². The van der Waals surface area contributed by atoms with E-state index >= 15 is 0 Å². The van der Waals surface area contributed by atoms with E-state index in [1.165, 1.54) is 5.56 Å². The average Bonchev–Trinajstić information content (AvgIpc) is 2.79. The molecule has 1 N–H and O–H groups in total. The van der Waals surface area contributed by atoms with Crippen LogP contribution in [0.2, 0.25) is 0 Å². The summed E-state index contributed by atoms with van der Waals surface area (Å²) in [5.74, 6) is 1.59. The molecule has 0 radical (unpaired) electrons. The normalized spacial score (nSPS) is 11.8. The Kier molecular flexibility index (Phi) is 8.13. The fraction of sp³-hybridized carbons (Fsp3) is 0.346. The lowest BCUT2D eigenvalue weighted by Crippen LogP contribution is -2.38. The summed E-state index contributed by atoms with van der Waals surface area (Å²) in [5, 5.41) is 5.28. The molecule has 1 amide bonds. The topological polar surface area (TPSA) is 47.6 Å². The van der Waals surface area contributed by atoms with Gasteiger partial charge in [-0.1, -0.05) is 62.4 Å². The second-order valence-corrected chi connectivity index (χ2v) is 7.37. The van der Waals surface area contributed by atoms with Crippen molar-refractivity contribution in [2.45, 2.75) is 45.6 Å². The summed E-state index contributed by atoms with van der Waals surface area (Å²) in [6.45, 7) is 5.39. The summed E-state index contributed by atoms with van der Waals surface area (Å²) in [4.78, 5) is 12.6. The zero-order valence-electron chi connectivity index (χ0n) is 17.9. The van der Waals surface area contributed by atoms with E-state index in [2.05, 4.69) is 24.4 Å². The van der Waals surface area contributed by atoms with Gasteiger partial charge in [0.1, 0.15) is 11.5 Å². The molecule has 0 saturated heterocycles. The molecule has 0 bridgehead atoms. The largest absolute Gasteiger partial charge is 0.493 e. The van der Waals surface area contributed by atoms with Crippen molar-refractivity contribution in [3.8, 4) is 11.5 Å². The maximum Gasteiger partial charge on any atom is 0.261 e. The zero-order valence-corrected chi connectivity index (χ0v) is 17.9. The first kappa shape index (κ1) is 21.7. The Bertz CT molecular complexity index is 954. The molecule has 0 aromatic heterocycles. The molecule has 0 saturated carbocycles. The highest BCUT2D eigenvalue weighted by Gasteiger charge is 2.18. The van der Waals surface area contributed by atoms with Gasteiger partial charge in [0.25, 0.3) is 5.91 Å². The number of carbonyl (C=O) groups is 1. The van der Waals surface area contributed by atoms with Crippen molar-refractivity contribution in [2.75, 3.05) is 13.2 Å². The van der Waals surface area contributed by atoms with Crippen molar-refractivity contribution in [2.24, 2.45) is 0 Å². The Morgan fingerprint density at radius 3 is 2.53 bits per heavy atom. The number of aryl methyl sites for hydroxylation is 1. The van der Waals surface area contributed by atoms with E-state index in [1.807, 2.05) is 61.5 Å². The van der Waals surface area contributed by atoms with Crippen LogP contribution in [-0.4, -0.2) is 25.2 Å². The third kappa shape index (κ3) is 5.99. The van der Waals surface area contributed by atoms with Crippen molar-refractivity contribution in [1.82, 2.24) is 5.32 Å². The molecule has 0 heterocycles. The SMILES string of the molecule is CCCOc1ccccc1CCCNC(=O)C(CC)Oc1ccc2ccccc2c1. The fourth-order valence-electron chi connectivity index (χ4n) is 3.39. The van der Waals surface area contributed by atoms with Crippen molar-refractivity contribution >= 4 is 16.7 Å². The molecule has 0 spiro atoms. The second kappa shape index (κ2) is 11.2. The Labute approximate surface area is 179 Å². The number of para-hydroxylation sites is 1. The highest BCUT2D eigenvalue weighted by molar-refractivity contribution is 5.84.